The maximum Gasteiger partial charge on any atom is 0.314 e. The lowest BCUT2D eigenvalue weighted by molar-refractivity contribution is -0.136. The van der Waals surface area contributed by atoms with Crippen LogP contribution in [0.2, 0.25) is 0 Å². The molecule has 1 heterocycles. The molecule has 2 aromatic rings. The highest BCUT2D eigenvalue weighted by atomic mass is 79.9. The first-order valence-corrected chi connectivity index (χ1v) is 6.64. The number of nitrogens with one attached hydrogen (secondary N) is 3. The Morgan fingerprint density at radius 2 is 1.90 bits per heavy atom. The van der Waals surface area contributed by atoms with E-state index in [0.29, 0.717) is 24.1 Å². The highest BCUT2D eigenvalue weighted by Crippen LogP contribution is 2.19. The molecule has 0 aliphatic carbocycles. The fourth-order valence-corrected chi connectivity index (χ4v) is 2.32. The fourth-order valence-electron chi connectivity index (χ4n) is 1.82. The van der Waals surface area contributed by atoms with E-state index in [0.717, 1.165) is 10.0 Å². The average molecular weight is 423 g/mol. The molecule has 7 nitrogen and oxygen atoms in total. The molecule has 9 heteroatoms. The summed E-state index contributed by atoms with van der Waals surface area (Å²) in [6.07, 6.45) is 0.0132. The maximum absolute atomic E-state index is 11.4. The lowest BCUT2D eigenvalue weighted by atomic mass is 10.1. The van der Waals surface area contributed by atoms with Gasteiger partial charge < -0.3 is 20.4 Å². The molecule has 0 bridgehead atoms. The highest BCUT2D eigenvalue weighted by Gasteiger charge is 2.07. The summed E-state index contributed by atoms with van der Waals surface area (Å²) in [6.45, 7) is 0.697. The summed E-state index contributed by atoms with van der Waals surface area (Å²) < 4.78 is 0.753. The number of aromatic nitrogens is 2. The van der Waals surface area contributed by atoms with Crippen LogP contribution in [0.15, 0.2) is 26.2 Å². The first-order valence-electron chi connectivity index (χ1n) is 5.84. The monoisotopic (exact) mass is 421 g/mol. The Labute approximate surface area is 137 Å². The number of hydrogen-bond acceptors (Lipinski definition) is 4. The minimum absolute atomic E-state index is 0. The number of aromatic amines is 2. The van der Waals surface area contributed by atoms with Gasteiger partial charge >= 0.3 is 17.1 Å². The van der Waals surface area contributed by atoms with Gasteiger partial charge in [-0.3, -0.25) is 14.4 Å². The van der Waals surface area contributed by atoms with E-state index in [1.165, 1.54) is 0 Å². The first kappa shape index (κ1) is 17.6. The van der Waals surface area contributed by atoms with Gasteiger partial charge in [-0.05, 0) is 17.7 Å². The van der Waals surface area contributed by atoms with Gasteiger partial charge in [0.2, 0.25) is 0 Å². The number of carbonyl (C=O) groups is 1. The van der Waals surface area contributed by atoms with Crippen LogP contribution in [0.4, 0.5) is 0 Å². The zero-order valence-electron chi connectivity index (χ0n) is 10.7. The van der Waals surface area contributed by atoms with Crippen LogP contribution >= 0.6 is 32.9 Å². The van der Waals surface area contributed by atoms with Crippen LogP contribution in [0.1, 0.15) is 12.0 Å². The molecular formula is C12H13Br2N3O4. The number of aliphatic carboxylic acids is 1. The van der Waals surface area contributed by atoms with Crippen LogP contribution in [0, 0.1) is 0 Å². The Kier molecular flexibility index (Phi) is 6.31. The van der Waals surface area contributed by atoms with Crippen LogP contribution in [-0.2, 0) is 11.3 Å². The number of H-pyrrole nitrogens is 2. The van der Waals surface area contributed by atoms with Crippen LogP contribution < -0.4 is 16.4 Å². The minimum Gasteiger partial charge on any atom is -0.481 e. The van der Waals surface area contributed by atoms with E-state index in [4.69, 9.17) is 5.11 Å². The molecule has 2 rings (SSSR count). The Morgan fingerprint density at radius 1 is 1.24 bits per heavy atom. The number of halogens is 2. The smallest absolute Gasteiger partial charge is 0.314 e. The largest absolute Gasteiger partial charge is 0.481 e. The summed E-state index contributed by atoms with van der Waals surface area (Å²) in [5.74, 6) is -0.880. The van der Waals surface area contributed by atoms with E-state index in [-0.39, 0.29) is 23.4 Å². The van der Waals surface area contributed by atoms with Crippen molar-refractivity contribution in [1.29, 1.82) is 0 Å². The van der Waals surface area contributed by atoms with Crippen LogP contribution in [0.3, 0.4) is 0 Å². The molecule has 4 N–H and O–H groups in total. The van der Waals surface area contributed by atoms with Gasteiger partial charge in [0, 0.05) is 17.6 Å². The number of carboxylic acid groups (broad SMARTS) is 1. The molecule has 0 saturated carbocycles. The van der Waals surface area contributed by atoms with E-state index in [9.17, 15) is 14.4 Å². The van der Waals surface area contributed by atoms with Crippen molar-refractivity contribution in [2.24, 2.45) is 0 Å². The maximum atomic E-state index is 11.4. The van der Waals surface area contributed by atoms with Crippen molar-refractivity contribution in [2.45, 2.75) is 13.0 Å². The summed E-state index contributed by atoms with van der Waals surface area (Å²) in [5.41, 5.74) is 0.375. The zero-order valence-corrected chi connectivity index (χ0v) is 14.0. The standard InChI is InChI=1S/C12H12BrN3O4.BrH/c13-7-3-6(5-14-2-1-9(17)18)10-8(4-7)15-11(19)12(20)16-10;/h3-4,14H,1-2,5H2,(H,15,19)(H,16,20)(H,17,18);1H. The van der Waals surface area contributed by atoms with Crippen molar-refractivity contribution in [2.75, 3.05) is 6.54 Å². The van der Waals surface area contributed by atoms with E-state index in [2.05, 4.69) is 31.2 Å². The molecule has 1 aromatic carbocycles. The van der Waals surface area contributed by atoms with Gasteiger partial charge in [0.15, 0.2) is 0 Å². The zero-order chi connectivity index (χ0) is 14.7. The van der Waals surface area contributed by atoms with Crippen molar-refractivity contribution in [3.8, 4) is 0 Å². The van der Waals surface area contributed by atoms with Crippen LogP contribution in [0.25, 0.3) is 11.0 Å². The fraction of sp³-hybridized carbons (Fsp3) is 0.250. The average Bonchev–Trinajstić information content (AvgIpc) is 2.36. The van der Waals surface area contributed by atoms with Gasteiger partial charge in [0.25, 0.3) is 0 Å². The molecule has 0 atom stereocenters. The minimum atomic E-state index is -0.880. The van der Waals surface area contributed by atoms with Crippen molar-refractivity contribution >= 4 is 49.9 Å². The third-order valence-electron chi connectivity index (χ3n) is 2.71. The number of fused-ring (bicyclic) bond motifs is 1. The van der Waals surface area contributed by atoms with Gasteiger partial charge in [-0.25, -0.2) is 0 Å². The second-order valence-corrected chi connectivity index (χ2v) is 5.13. The SMILES string of the molecule is Br.O=C(O)CCNCc1cc(Br)cc2[nH]c(=O)c(=O)[nH]c12. The Morgan fingerprint density at radius 3 is 2.57 bits per heavy atom. The lowest BCUT2D eigenvalue weighted by Crippen LogP contribution is -2.29. The third-order valence-corrected chi connectivity index (χ3v) is 3.17. The molecule has 0 unspecified atom stereocenters. The van der Waals surface area contributed by atoms with Gasteiger partial charge in [-0.1, -0.05) is 15.9 Å². The normalized spacial score (nSPS) is 10.3. The summed E-state index contributed by atoms with van der Waals surface area (Å²) >= 11 is 3.32. The first-order chi connectivity index (χ1) is 9.47. The molecular weight excluding hydrogens is 410 g/mol. The second-order valence-electron chi connectivity index (χ2n) is 4.22. The molecule has 0 amide bonds. The van der Waals surface area contributed by atoms with Crippen molar-refractivity contribution in [3.63, 3.8) is 0 Å². The van der Waals surface area contributed by atoms with Crippen molar-refractivity contribution in [1.82, 2.24) is 15.3 Å². The molecule has 0 saturated heterocycles. The van der Waals surface area contributed by atoms with Crippen LogP contribution in [0.5, 0.6) is 0 Å². The summed E-state index contributed by atoms with van der Waals surface area (Å²) in [6, 6.07) is 3.48. The highest BCUT2D eigenvalue weighted by molar-refractivity contribution is 9.10. The second kappa shape index (κ2) is 7.53. The summed E-state index contributed by atoms with van der Waals surface area (Å²) in [4.78, 5) is 38.1. The third kappa shape index (κ3) is 4.51. The Balaban J connectivity index is 0.00000220. The Bertz CT molecular complexity index is 769. The van der Waals surface area contributed by atoms with Gasteiger partial charge in [-0.15, -0.1) is 17.0 Å². The number of hydrogen-bond donors (Lipinski definition) is 4. The van der Waals surface area contributed by atoms with Gasteiger partial charge in [-0.2, -0.15) is 0 Å². The van der Waals surface area contributed by atoms with E-state index in [1.54, 1.807) is 12.1 Å². The van der Waals surface area contributed by atoms with Crippen LogP contribution in [-0.4, -0.2) is 27.6 Å². The predicted molar refractivity (Wildman–Crippen MR) is 87.2 cm³/mol. The molecule has 0 aliphatic rings. The number of benzene rings is 1. The molecule has 21 heavy (non-hydrogen) atoms. The predicted octanol–water partition coefficient (Wildman–Crippen LogP) is 1.12. The molecule has 0 radical (unpaired) electrons. The van der Waals surface area contributed by atoms with E-state index < -0.39 is 17.1 Å². The summed E-state index contributed by atoms with van der Waals surface area (Å²) in [5, 5.41) is 11.5. The molecule has 0 spiro atoms. The Hall–Kier alpha value is -1.45. The van der Waals surface area contributed by atoms with E-state index >= 15 is 0 Å². The lowest BCUT2D eigenvalue weighted by Gasteiger charge is -2.08. The molecule has 1 aromatic heterocycles. The molecule has 114 valence electrons. The summed E-state index contributed by atoms with van der Waals surface area (Å²) in [7, 11) is 0. The van der Waals surface area contributed by atoms with Crippen molar-refractivity contribution < 1.29 is 9.90 Å². The van der Waals surface area contributed by atoms with Gasteiger partial charge in [0.1, 0.15) is 0 Å². The molecule has 0 fully saturated rings. The molecule has 0 aliphatic heterocycles. The van der Waals surface area contributed by atoms with Gasteiger partial charge in [0.05, 0.1) is 17.5 Å². The van der Waals surface area contributed by atoms with Crippen molar-refractivity contribution in [3.05, 3.63) is 42.9 Å². The number of carboxylic acids is 1. The topological polar surface area (TPSA) is 115 Å². The number of rotatable bonds is 5. The van der Waals surface area contributed by atoms with E-state index in [1.807, 2.05) is 0 Å². The quantitative estimate of drug-likeness (QED) is 0.425.